The Kier molecular flexibility index (Phi) is 13.1. The molecule has 1 aromatic carbocycles. The first-order chi connectivity index (χ1) is 13.9. The third-order valence-corrected chi connectivity index (χ3v) is 5.03. The third-order valence-electron chi connectivity index (χ3n) is 5.03. The van der Waals surface area contributed by atoms with Gasteiger partial charge in [-0.3, -0.25) is 0 Å². The zero-order chi connectivity index (χ0) is 21.2. The van der Waals surface area contributed by atoms with Crippen molar-refractivity contribution in [1.82, 2.24) is 0 Å². The van der Waals surface area contributed by atoms with E-state index in [0.717, 1.165) is 11.1 Å². The Hall–Kier alpha value is -0.172. The Morgan fingerprint density at radius 3 is 1.47 bits per heavy atom. The average Bonchev–Trinajstić information content (AvgIpc) is 3.47. The number of hydrogen-bond acceptors (Lipinski definition) is 2. The molecule has 2 aliphatic carbocycles. The molecule has 4 rings (SSSR count). The molecule has 0 N–H and O–H groups in total. The zero-order valence-electron chi connectivity index (χ0n) is 18.5. The first kappa shape index (κ1) is 27.9. The molecule has 1 aromatic rings. The van der Waals surface area contributed by atoms with Crippen LogP contribution in [-0.4, -0.2) is 18.3 Å². The Balaban J connectivity index is 0.000000333. The van der Waals surface area contributed by atoms with Crippen LogP contribution >= 0.6 is 0 Å². The maximum absolute atomic E-state index is 5.94. The number of benzene rings is 1. The van der Waals surface area contributed by atoms with E-state index >= 15 is 0 Å². The summed E-state index contributed by atoms with van der Waals surface area (Å²) in [6.07, 6.45) is 20.7. The van der Waals surface area contributed by atoms with E-state index in [9.17, 15) is 0 Å². The summed E-state index contributed by atoms with van der Waals surface area (Å²) in [6, 6.07) is 10.1. The summed E-state index contributed by atoms with van der Waals surface area (Å²) in [6.45, 7) is 12.1. The van der Waals surface area contributed by atoms with Crippen molar-refractivity contribution in [3.8, 4) is 0 Å². The molecule has 3 fully saturated rings. The Morgan fingerprint density at radius 1 is 0.767 bits per heavy atom. The van der Waals surface area contributed by atoms with E-state index in [1.54, 1.807) is 0 Å². The van der Waals surface area contributed by atoms with Crippen LogP contribution in [0.5, 0.6) is 0 Å². The maximum Gasteiger partial charge on any atom is 4.00 e. The molecule has 3 aliphatic rings. The summed E-state index contributed by atoms with van der Waals surface area (Å²) in [5.41, 5.74) is 1.49. The second kappa shape index (κ2) is 14.1. The molecule has 4 heteroatoms. The number of rotatable bonds is 3. The van der Waals surface area contributed by atoms with E-state index in [1.807, 2.05) is 110 Å². The second-order valence-corrected chi connectivity index (χ2v) is 7.75. The zero-order valence-corrected chi connectivity index (χ0v) is 20.9. The summed E-state index contributed by atoms with van der Waals surface area (Å²) in [4.78, 5) is 0. The fourth-order valence-electron chi connectivity index (χ4n) is 2.62. The van der Waals surface area contributed by atoms with Crippen molar-refractivity contribution in [3.63, 3.8) is 0 Å². The standard InChI is InChI=1S/C16H21BO2.2C5H5.Zr/c1-6-13(14-10-8-7-9-11-14)12-17-18-15(2,3)16(4,5)19-17;2*1-2-4-5-3-1;/h7-11H,1,6H2,2-5H3;2*1-5H;/q-2;;;+4. The molecule has 10 radical (unpaired) electrons. The van der Waals surface area contributed by atoms with Crippen LogP contribution in [0.1, 0.15) is 39.7 Å². The van der Waals surface area contributed by atoms with Gasteiger partial charge in [0.1, 0.15) is 0 Å². The van der Waals surface area contributed by atoms with Gasteiger partial charge in [-0.25, -0.2) is 11.5 Å². The van der Waals surface area contributed by atoms with Gasteiger partial charge in [-0.1, -0.05) is 18.2 Å². The summed E-state index contributed by atoms with van der Waals surface area (Å²) < 4.78 is 11.9. The van der Waals surface area contributed by atoms with E-state index in [1.165, 1.54) is 0 Å². The van der Waals surface area contributed by atoms with Gasteiger partial charge in [0.25, 0.3) is 0 Å². The quantitative estimate of drug-likeness (QED) is 0.407. The van der Waals surface area contributed by atoms with Gasteiger partial charge in [0.15, 0.2) is 0 Å². The first-order valence-electron chi connectivity index (χ1n) is 10.0. The molecule has 152 valence electrons. The Labute approximate surface area is 205 Å². The van der Waals surface area contributed by atoms with Gasteiger partial charge in [0, 0.05) is 0 Å². The fourth-order valence-corrected chi connectivity index (χ4v) is 2.62. The van der Waals surface area contributed by atoms with Crippen molar-refractivity contribution < 1.29 is 35.5 Å². The van der Waals surface area contributed by atoms with Crippen molar-refractivity contribution in [1.29, 1.82) is 0 Å². The molecule has 0 spiro atoms. The van der Waals surface area contributed by atoms with Crippen LogP contribution in [0.2, 0.25) is 0 Å². The minimum Gasteiger partial charge on any atom is -0.415 e. The Morgan fingerprint density at radius 2 is 1.13 bits per heavy atom. The van der Waals surface area contributed by atoms with Crippen LogP contribution in [0.25, 0.3) is 5.57 Å². The summed E-state index contributed by atoms with van der Waals surface area (Å²) in [5.74, 6) is 3.30. The van der Waals surface area contributed by atoms with Crippen molar-refractivity contribution in [3.05, 3.63) is 113 Å². The third kappa shape index (κ3) is 9.13. The largest absolute Gasteiger partial charge is 4.00 e. The van der Waals surface area contributed by atoms with Gasteiger partial charge < -0.3 is 16.2 Å². The number of hydrogen-bond donors (Lipinski definition) is 0. The van der Waals surface area contributed by atoms with Gasteiger partial charge in [-0.05, 0) is 91.9 Å². The summed E-state index contributed by atoms with van der Waals surface area (Å²) in [7, 11) is -0.429. The molecule has 30 heavy (non-hydrogen) atoms. The number of allylic oxidation sites excluding steroid dienone is 1. The van der Waals surface area contributed by atoms with Gasteiger partial charge in [0.2, 0.25) is 0 Å². The molecule has 1 aliphatic heterocycles. The van der Waals surface area contributed by atoms with E-state index in [2.05, 4.69) is 25.0 Å². The van der Waals surface area contributed by atoms with E-state index in [-0.39, 0.29) is 37.4 Å². The van der Waals surface area contributed by atoms with Gasteiger partial charge in [-0.2, -0.15) is 12.0 Å². The molecular formula is C26H31BO2Zr+2. The van der Waals surface area contributed by atoms with Gasteiger partial charge >= 0.3 is 33.3 Å². The first-order valence-corrected chi connectivity index (χ1v) is 10.0. The molecule has 0 atom stereocenters. The predicted octanol–water partition coefficient (Wildman–Crippen LogP) is 5.77. The fraction of sp³-hybridized carbons (Fsp3) is 0.269. The van der Waals surface area contributed by atoms with Crippen LogP contribution in [0, 0.1) is 77.1 Å². The van der Waals surface area contributed by atoms with E-state index in [4.69, 9.17) is 9.31 Å². The van der Waals surface area contributed by atoms with Crippen molar-refractivity contribution in [2.75, 3.05) is 0 Å². The average molecular weight is 478 g/mol. The van der Waals surface area contributed by atoms with E-state index < -0.39 is 7.12 Å². The summed E-state index contributed by atoms with van der Waals surface area (Å²) >= 11 is 0. The van der Waals surface area contributed by atoms with Crippen LogP contribution in [-0.2, 0) is 35.5 Å². The van der Waals surface area contributed by atoms with Crippen molar-refractivity contribution in [2.24, 2.45) is 0 Å². The van der Waals surface area contributed by atoms with Crippen LogP contribution in [0.3, 0.4) is 0 Å². The van der Waals surface area contributed by atoms with Crippen molar-refractivity contribution >= 4 is 12.7 Å². The normalized spacial score (nSPS) is 21.8. The van der Waals surface area contributed by atoms with Gasteiger partial charge in [0.05, 0.1) is 11.2 Å². The minimum absolute atomic E-state index is 0. The monoisotopic (exact) mass is 476 g/mol. The SMILES string of the molecule is [CH2-]CC(=[C-]B1OC(C)(C)C(C)(C)O1)c1ccccc1.[CH]1[CH][CH][CH][CH]1.[CH]1[CH][CH][CH][CH]1.[Zr+4]. The second-order valence-electron chi connectivity index (χ2n) is 7.75. The molecule has 0 unspecified atom stereocenters. The van der Waals surface area contributed by atoms with Crippen LogP contribution < -0.4 is 0 Å². The van der Waals surface area contributed by atoms with Gasteiger partial charge in [-0.15, -0.1) is 12.1 Å². The molecule has 0 aromatic heterocycles. The molecule has 1 saturated heterocycles. The molecule has 0 bridgehead atoms. The Bertz CT molecular complexity index is 564. The molecule has 0 amide bonds. The minimum atomic E-state index is -0.429. The van der Waals surface area contributed by atoms with Crippen LogP contribution in [0.4, 0.5) is 0 Å². The predicted molar refractivity (Wildman–Crippen MR) is 122 cm³/mol. The molecule has 2 saturated carbocycles. The molecular weight excluding hydrogens is 446 g/mol. The maximum atomic E-state index is 5.94. The topological polar surface area (TPSA) is 18.5 Å². The summed E-state index contributed by atoms with van der Waals surface area (Å²) in [5, 5.41) is 0. The van der Waals surface area contributed by atoms with Crippen molar-refractivity contribution in [2.45, 2.75) is 45.3 Å². The smallest absolute Gasteiger partial charge is 0.415 e. The molecule has 2 nitrogen and oxygen atoms in total. The molecule has 1 heterocycles. The van der Waals surface area contributed by atoms with Crippen LogP contribution in [0.15, 0.2) is 30.3 Å². The van der Waals surface area contributed by atoms with E-state index in [0.29, 0.717) is 6.42 Å².